The van der Waals surface area contributed by atoms with Crippen LogP contribution in [-0.2, 0) is 0 Å². The maximum Gasteiger partial charge on any atom is 0.159 e. The van der Waals surface area contributed by atoms with Gasteiger partial charge >= 0.3 is 0 Å². The summed E-state index contributed by atoms with van der Waals surface area (Å²) >= 11 is 10.0. The Labute approximate surface area is 79.3 Å². The highest BCUT2D eigenvalue weighted by molar-refractivity contribution is 7.78. The molecule has 0 N–H and O–H groups in total. The minimum atomic E-state index is 0.181. The summed E-state index contributed by atoms with van der Waals surface area (Å²) < 4.78 is 0. The Hall–Kier alpha value is -1.27. The van der Waals surface area contributed by atoms with Gasteiger partial charge in [-0.1, -0.05) is 11.6 Å². The Bertz CT molecular complexity index is 390. The van der Waals surface area contributed by atoms with Gasteiger partial charge in [0.1, 0.15) is 6.07 Å². The van der Waals surface area contributed by atoms with Crippen LogP contribution in [0.15, 0.2) is 17.3 Å². The van der Waals surface area contributed by atoms with Crippen LogP contribution >= 0.6 is 23.8 Å². The van der Waals surface area contributed by atoms with Gasteiger partial charge in [0.05, 0.1) is 22.1 Å². The fourth-order valence-electron chi connectivity index (χ4n) is 0.624. The van der Waals surface area contributed by atoms with E-state index in [0.717, 1.165) is 0 Å². The number of hydrogen-bond acceptors (Lipinski definition) is 4. The number of nitriles is 1. The highest BCUT2D eigenvalue weighted by atomic mass is 35.5. The zero-order valence-electron chi connectivity index (χ0n) is 5.78. The van der Waals surface area contributed by atoms with E-state index >= 15 is 0 Å². The summed E-state index contributed by atoms with van der Waals surface area (Å²) in [5, 5.41) is 10.9. The van der Waals surface area contributed by atoms with Gasteiger partial charge in [-0.2, -0.15) is 10.3 Å². The van der Waals surface area contributed by atoms with Gasteiger partial charge in [0, 0.05) is 0 Å². The van der Waals surface area contributed by atoms with E-state index in [1.807, 2.05) is 6.07 Å². The fourth-order valence-corrected chi connectivity index (χ4v) is 0.932. The monoisotopic (exact) mass is 195 g/mol. The lowest BCUT2D eigenvalue weighted by molar-refractivity contribution is 1.25. The molecule has 0 fully saturated rings. The van der Waals surface area contributed by atoms with Crippen molar-refractivity contribution in [1.82, 2.24) is 4.98 Å². The number of halogens is 1. The summed E-state index contributed by atoms with van der Waals surface area (Å²) in [5.41, 5.74) is 0.675. The predicted molar refractivity (Wildman–Crippen MR) is 48.6 cm³/mol. The van der Waals surface area contributed by atoms with E-state index in [0.29, 0.717) is 5.69 Å². The van der Waals surface area contributed by atoms with E-state index in [2.05, 4.69) is 27.4 Å². The Morgan fingerprint density at radius 2 is 2.42 bits per heavy atom. The SMILES string of the molecule is N#Cc1ncc(N=C=S)cc1Cl. The Balaban J connectivity index is 3.20. The predicted octanol–water partition coefficient (Wildman–Crippen LogP) is 2.34. The third kappa shape index (κ3) is 1.86. The largest absolute Gasteiger partial charge is 0.242 e. The highest BCUT2D eigenvalue weighted by Gasteiger charge is 2.00. The van der Waals surface area contributed by atoms with E-state index in [9.17, 15) is 0 Å². The number of aromatic nitrogens is 1. The quantitative estimate of drug-likeness (QED) is 0.511. The number of hydrogen-bond donors (Lipinski definition) is 0. The van der Waals surface area contributed by atoms with Crippen molar-refractivity contribution in [1.29, 1.82) is 5.26 Å². The molecule has 0 atom stereocenters. The van der Waals surface area contributed by atoms with Gasteiger partial charge in [0.25, 0.3) is 0 Å². The number of thiocarbonyl (C=S) groups is 1. The van der Waals surface area contributed by atoms with Crippen LogP contribution < -0.4 is 0 Å². The molecule has 12 heavy (non-hydrogen) atoms. The van der Waals surface area contributed by atoms with Crippen molar-refractivity contribution in [3.05, 3.63) is 23.0 Å². The van der Waals surface area contributed by atoms with Gasteiger partial charge in [0.15, 0.2) is 5.69 Å². The van der Waals surface area contributed by atoms with E-state index < -0.39 is 0 Å². The van der Waals surface area contributed by atoms with Crippen LogP contribution in [0.4, 0.5) is 5.69 Å². The molecule has 0 aromatic carbocycles. The summed E-state index contributed by atoms with van der Waals surface area (Å²) in [6, 6.07) is 3.34. The molecule has 0 spiro atoms. The molecule has 0 saturated carbocycles. The van der Waals surface area contributed by atoms with Gasteiger partial charge in [0.2, 0.25) is 0 Å². The highest BCUT2D eigenvalue weighted by Crippen LogP contribution is 2.19. The van der Waals surface area contributed by atoms with Gasteiger partial charge < -0.3 is 0 Å². The van der Waals surface area contributed by atoms with Crippen LogP contribution in [0, 0.1) is 11.3 Å². The van der Waals surface area contributed by atoms with Crippen LogP contribution in [0.1, 0.15) is 5.69 Å². The molecule has 3 nitrogen and oxygen atoms in total. The first-order valence-electron chi connectivity index (χ1n) is 2.91. The molecule has 0 unspecified atom stereocenters. The second-order valence-corrected chi connectivity index (χ2v) is 2.43. The second-order valence-electron chi connectivity index (χ2n) is 1.84. The van der Waals surface area contributed by atoms with Gasteiger partial charge in [-0.25, -0.2) is 4.98 Å². The first-order chi connectivity index (χ1) is 5.77. The molecule has 0 aliphatic rings. The zero-order chi connectivity index (χ0) is 8.97. The van der Waals surface area contributed by atoms with Gasteiger partial charge in [-0.05, 0) is 18.3 Å². The molecule has 0 aliphatic carbocycles. The van der Waals surface area contributed by atoms with Crippen LogP contribution in [0.5, 0.6) is 0 Å². The Kier molecular flexibility index (Phi) is 2.89. The van der Waals surface area contributed by atoms with Crippen molar-refractivity contribution < 1.29 is 0 Å². The third-order valence-corrected chi connectivity index (χ3v) is 1.49. The van der Waals surface area contributed by atoms with E-state index in [1.165, 1.54) is 12.3 Å². The fraction of sp³-hybridized carbons (Fsp3) is 0. The lowest BCUT2D eigenvalue weighted by Gasteiger charge is -1.93. The lowest BCUT2D eigenvalue weighted by Crippen LogP contribution is -1.81. The number of rotatable bonds is 1. The van der Waals surface area contributed by atoms with Crippen LogP contribution in [-0.4, -0.2) is 10.1 Å². The molecular formula is C7H2ClN3S. The number of isothiocyanates is 1. The Morgan fingerprint density at radius 3 is 2.92 bits per heavy atom. The molecule has 0 aliphatic heterocycles. The molecule has 0 amide bonds. The molecular weight excluding hydrogens is 194 g/mol. The minimum Gasteiger partial charge on any atom is -0.242 e. The molecule has 0 bridgehead atoms. The smallest absolute Gasteiger partial charge is 0.159 e. The van der Waals surface area contributed by atoms with Crippen molar-refractivity contribution in [2.45, 2.75) is 0 Å². The molecule has 0 saturated heterocycles. The topological polar surface area (TPSA) is 49.0 Å². The summed E-state index contributed by atoms with van der Waals surface area (Å²) in [6.45, 7) is 0. The van der Waals surface area contributed by atoms with Crippen molar-refractivity contribution >= 4 is 34.7 Å². The van der Waals surface area contributed by atoms with E-state index in [1.54, 1.807) is 0 Å². The van der Waals surface area contributed by atoms with Crippen molar-refractivity contribution in [2.75, 3.05) is 0 Å². The first-order valence-corrected chi connectivity index (χ1v) is 3.70. The molecule has 1 rings (SSSR count). The molecule has 1 aromatic heterocycles. The van der Waals surface area contributed by atoms with Crippen LogP contribution in [0.2, 0.25) is 5.02 Å². The molecule has 58 valence electrons. The van der Waals surface area contributed by atoms with Crippen molar-refractivity contribution in [3.63, 3.8) is 0 Å². The first kappa shape index (κ1) is 8.82. The average Bonchev–Trinajstić information content (AvgIpc) is 2.05. The van der Waals surface area contributed by atoms with Gasteiger partial charge in [-0.15, -0.1) is 0 Å². The number of nitrogens with zero attached hydrogens (tertiary/aromatic N) is 3. The minimum absolute atomic E-state index is 0.181. The maximum absolute atomic E-state index is 8.48. The van der Waals surface area contributed by atoms with Crippen molar-refractivity contribution in [2.24, 2.45) is 4.99 Å². The summed E-state index contributed by atoms with van der Waals surface area (Å²) in [4.78, 5) is 7.39. The summed E-state index contributed by atoms with van der Waals surface area (Å²) in [5.74, 6) is 0. The second kappa shape index (κ2) is 3.93. The molecule has 0 radical (unpaired) electrons. The zero-order valence-corrected chi connectivity index (χ0v) is 7.35. The summed E-state index contributed by atoms with van der Waals surface area (Å²) in [6.07, 6.45) is 1.41. The molecule has 5 heteroatoms. The van der Waals surface area contributed by atoms with Gasteiger partial charge in [-0.3, -0.25) is 0 Å². The maximum atomic E-state index is 8.48. The summed E-state index contributed by atoms with van der Waals surface area (Å²) in [7, 11) is 0. The van der Waals surface area contributed by atoms with Crippen LogP contribution in [0.25, 0.3) is 0 Å². The number of pyridine rings is 1. The van der Waals surface area contributed by atoms with Crippen LogP contribution in [0.3, 0.4) is 0 Å². The standard InChI is InChI=1S/C7H2ClN3S/c8-6-1-5(11-4-12)3-10-7(6)2-9/h1,3H. The van der Waals surface area contributed by atoms with E-state index in [-0.39, 0.29) is 10.7 Å². The third-order valence-electron chi connectivity index (χ3n) is 1.11. The van der Waals surface area contributed by atoms with Crippen molar-refractivity contribution in [3.8, 4) is 6.07 Å². The average molecular weight is 196 g/mol. The molecule has 1 heterocycles. The van der Waals surface area contributed by atoms with E-state index in [4.69, 9.17) is 16.9 Å². The number of aliphatic imine (C=N–C) groups is 1. The molecule has 1 aromatic rings. The lowest BCUT2D eigenvalue weighted by atomic mass is 10.3. The Morgan fingerprint density at radius 1 is 1.67 bits per heavy atom. The normalized spacial score (nSPS) is 8.33.